The molecular weight excluding hydrogens is 260 g/mol. The lowest BCUT2D eigenvalue weighted by molar-refractivity contribution is -0.148. The Kier molecular flexibility index (Phi) is 5.36. The van der Waals surface area contributed by atoms with Crippen LogP contribution < -0.4 is 0 Å². The van der Waals surface area contributed by atoms with Crippen LogP contribution in [0.2, 0.25) is 0 Å². The Balaban J connectivity index is 2.32. The molecule has 0 heterocycles. The van der Waals surface area contributed by atoms with E-state index in [1.54, 1.807) is 6.92 Å². The van der Waals surface area contributed by atoms with Crippen LogP contribution in [0.1, 0.15) is 12.5 Å². The van der Waals surface area contributed by atoms with Gasteiger partial charge >= 0.3 is 5.97 Å². The van der Waals surface area contributed by atoms with Crippen LogP contribution in [-0.4, -0.2) is 19.2 Å². The Morgan fingerprint density at radius 3 is 2.80 bits per heavy atom. The minimum atomic E-state index is -0.329. The number of halogens is 1. The predicted molar refractivity (Wildman–Crippen MR) is 60.4 cm³/mol. The van der Waals surface area contributed by atoms with Gasteiger partial charge in [-0.25, -0.2) is 4.79 Å². The van der Waals surface area contributed by atoms with Gasteiger partial charge in [0, 0.05) is 4.47 Å². The van der Waals surface area contributed by atoms with E-state index in [9.17, 15) is 4.79 Å². The number of rotatable bonds is 5. The molecule has 3 nitrogen and oxygen atoms in total. The monoisotopic (exact) mass is 272 g/mol. The first-order valence-corrected chi connectivity index (χ1v) is 5.50. The lowest BCUT2D eigenvalue weighted by Gasteiger charge is -2.05. The maximum absolute atomic E-state index is 11.0. The van der Waals surface area contributed by atoms with E-state index in [1.807, 2.05) is 24.3 Å². The van der Waals surface area contributed by atoms with Crippen LogP contribution in [0.4, 0.5) is 0 Å². The number of benzene rings is 1. The molecule has 1 aromatic rings. The van der Waals surface area contributed by atoms with Crippen LogP contribution in [0.5, 0.6) is 0 Å². The molecule has 82 valence electrons. The number of carbonyl (C=O) groups is 1. The van der Waals surface area contributed by atoms with Gasteiger partial charge in [0.1, 0.15) is 6.61 Å². The Labute approximate surface area is 97.5 Å². The highest BCUT2D eigenvalue weighted by molar-refractivity contribution is 9.10. The van der Waals surface area contributed by atoms with E-state index >= 15 is 0 Å². The van der Waals surface area contributed by atoms with Gasteiger partial charge in [-0.15, -0.1) is 0 Å². The fourth-order valence-corrected chi connectivity index (χ4v) is 1.46. The van der Waals surface area contributed by atoms with Gasteiger partial charge in [0.25, 0.3) is 0 Å². The number of hydrogen-bond donors (Lipinski definition) is 0. The molecule has 0 N–H and O–H groups in total. The summed E-state index contributed by atoms with van der Waals surface area (Å²) in [5.74, 6) is -0.329. The normalized spacial score (nSPS) is 10.0. The highest BCUT2D eigenvalue weighted by Crippen LogP contribution is 2.16. The minimum absolute atomic E-state index is 0.00479. The molecular formula is C11H13BrO3. The molecule has 0 bridgehead atoms. The summed E-state index contributed by atoms with van der Waals surface area (Å²) in [6, 6.07) is 7.73. The molecule has 0 saturated heterocycles. The molecule has 0 fully saturated rings. The first kappa shape index (κ1) is 12.2. The van der Waals surface area contributed by atoms with E-state index in [2.05, 4.69) is 15.9 Å². The highest BCUT2D eigenvalue weighted by atomic mass is 79.9. The molecule has 0 aliphatic heterocycles. The third-order valence-corrected chi connectivity index (χ3v) is 2.51. The lowest BCUT2D eigenvalue weighted by atomic mass is 10.2. The molecule has 4 heteroatoms. The van der Waals surface area contributed by atoms with Crippen molar-refractivity contribution < 1.29 is 14.3 Å². The maximum atomic E-state index is 11.0. The Hall–Kier alpha value is -0.870. The topological polar surface area (TPSA) is 35.5 Å². The summed E-state index contributed by atoms with van der Waals surface area (Å²) < 4.78 is 10.9. The van der Waals surface area contributed by atoms with Crippen molar-refractivity contribution in [3.05, 3.63) is 34.3 Å². The third-order valence-electron chi connectivity index (χ3n) is 1.74. The molecule has 0 spiro atoms. The van der Waals surface area contributed by atoms with Crippen molar-refractivity contribution in [2.75, 3.05) is 13.2 Å². The van der Waals surface area contributed by atoms with Crippen molar-refractivity contribution >= 4 is 21.9 Å². The second-order valence-corrected chi connectivity index (χ2v) is 3.74. The van der Waals surface area contributed by atoms with Gasteiger partial charge in [-0.1, -0.05) is 34.1 Å². The van der Waals surface area contributed by atoms with Crippen LogP contribution >= 0.6 is 15.9 Å². The molecule has 0 aromatic heterocycles. The van der Waals surface area contributed by atoms with Gasteiger partial charge in [-0.3, -0.25) is 0 Å². The zero-order valence-electron chi connectivity index (χ0n) is 8.53. The van der Waals surface area contributed by atoms with Gasteiger partial charge in [0.15, 0.2) is 0 Å². The highest BCUT2D eigenvalue weighted by Gasteiger charge is 2.03. The molecule has 0 saturated carbocycles. The number of hydrogen-bond acceptors (Lipinski definition) is 3. The van der Waals surface area contributed by atoms with Crippen molar-refractivity contribution in [2.24, 2.45) is 0 Å². The second kappa shape index (κ2) is 6.58. The summed E-state index contributed by atoms with van der Waals surface area (Å²) >= 11 is 3.40. The van der Waals surface area contributed by atoms with E-state index in [-0.39, 0.29) is 12.6 Å². The molecule has 0 radical (unpaired) electrons. The van der Waals surface area contributed by atoms with E-state index in [4.69, 9.17) is 9.47 Å². The van der Waals surface area contributed by atoms with Gasteiger partial charge in [-0.05, 0) is 18.6 Å². The van der Waals surface area contributed by atoms with Crippen LogP contribution in [0, 0.1) is 0 Å². The fourth-order valence-electron chi connectivity index (χ4n) is 1.06. The van der Waals surface area contributed by atoms with Crippen LogP contribution in [-0.2, 0) is 20.9 Å². The van der Waals surface area contributed by atoms with Crippen LogP contribution in [0.15, 0.2) is 28.7 Å². The maximum Gasteiger partial charge on any atom is 0.332 e. The standard InChI is InChI=1S/C11H13BrO3/c1-2-15-11(13)8-14-7-9-5-3-4-6-10(9)12/h3-6H,2,7-8H2,1H3. The number of esters is 1. The van der Waals surface area contributed by atoms with Gasteiger partial charge in [-0.2, -0.15) is 0 Å². The van der Waals surface area contributed by atoms with Crippen molar-refractivity contribution in [3.8, 4) is 0 Å². The molecule has 0 aliphatic carbocycles. The molecule has 0 unspecified atom stereocenters. The minimum Gasteiger partial charge on any atom is -0.464 e. The molecule has 1 aromatic carbocycles. The first-order valence-electron chi connectivity index (χ1n) is 4.70. The summed E-state index contributed by atoms with van der Waals surface area (Å²) in [5.41, 5.74) is 1.02. The van der Waals surface area contributed by atoms with Gasteiger partial charge in [0.05, 0.1) is 13.2 Å². The van der Waals surface area contributed by atoms with Crippen molar-refractivity contribution in [3.63, 3.8) is 0 Å². The second-order valence-electron chi connectivity index (χ2n) is 2.89. The first-order chi connectivity index (χ1) is 7.24. The molecule has 0 atom stereocenters. The van der Waals surface area contributed by atoms with E-state index in [0.29, 0.717) is 13.2 Å². The fraction of sp³-hybridized carbons (Fsp3) is 0.364. The van der Waals surface area contributed by atoms with Gasteiger partial charge < -0.3 is 9.47 Å². The van der Waals surface area contributed by atoms with Crippen molar-refractivity contribution in [1.82, 2.24) is 0 Å². The van der Waals surface area contributed by atoms with Crippen LogP contribution in [0.3, 0.4) is 0 Å². The van der Waals surface area contributed by atoms with E-state index in [1.165, 1.54) is 0 Å². The van der Waals surface area contributed by atoms with Crippen molar-refractivity contribution in [1.29, 1.82) is 0 Å². The van der Waals surface area contributed by atoms with E-state index in [0.717, 1.165) is 10.0 Å². The van der Waals surface area contributed by atoms with Crippen molar-refractivity contribution in [2.45, 2.75) is 13.5 Å². The van der Waals surface area contributed by atoms with E-state index < -0.39 is 0 Å². The molecule has 0 aliphatic rings. The zero-order valence-corrected chi connectivity index (χ0v) is 10.1. The third kappa shape index (κ3) is 4.44. The molecule has 15 heavy (non-hydrogen) atoms. The molecule has 1 rings (SSSR count). The largest absolute Gasteiger partial charge is 0.464 e. The SMILES string of the molecule is CCOC(=O)COCc1ccccc1Br. The summed E-state index contributed by atoms with van der Waals surface area (Å²) in [6.07, 6.45) is 0. The predicted octanol–water partition coefficient (Wildman–Crippen LogP) is 2.53. The van der Waals surface area contributed by atoms with Crippen LogP contribution in [0.25, 0.3) is 0 Å². The molecule has 0 amide bonds. The zero-order chi connectivity index (χ0) is 11.1. The van der Waals surface area contributed by atoms with Gasteiger partial charge in [0.2, 0.25) is 0 Å². The Bertz CT molecular complexity index is 325. The average Bonchev–Trinajstić information content (AvgIpc) is 2.21. The summed E-state index contributed by atoms with van der Waals surface area (Å²) in [4.78, 5) is 11.0. The summed E-state index contributed by atoms with van der Waals surface area (Å²) in [7, 11) is 0. The summed E-state index contributed by atoms with van der Waals surface area (Å²) in [6.45, 7) is 2.55. The smallest absolute Gasteiger partial charge is 0.332 e. The number of ether oxygens (including phenoxy) is 2. The summed E-state index contributed by atoms with van der Waals surface area (Å²) in [5, 5.41) is 0. The average molecular weight is 273 g/mol. The Morgan fingerprint density at radius 1 is 1.40 bits per heavy atom. The Morgan fingerprint density at radius 2 is 2.13 bits per heavy atom. The number of carbonyl (C=O) groups excluding carboxylic acids is 1. The lowest BCUT2D eigenvalue weighted by Crippen LogP contribution is -2.12. The quantitative estimate of drug-likeness (QED) is 0.773.